The molecule has 6 heteroatoms. The van der Waals surface area contributed by atoms with Crippen LogP contribution in [-0.4, -0.2) is 21.0 Å². The first-order chi connectivity index (χ1) is 9.47. The fourth-order valence-corrected chi connectivity index (χ4v) is 3.20. The quantitative estimate of drug-likeness (QED) is 0.482. The molecule has 0 bridgehead atoms. The summed E-state index contributed by atoms with van der Waals surface area (Å²) in [6, 6.07) is 8.14. The lowest BCUT2D eigenvalue weighted by Gasteiger charge is -2.08. The first-order valence-corrected chi connectivity index (χ1v) is 7.99. The van der Waals surface area contributed by atoms with Crippen LogP contribution >= 0.6 is 34.4 Å². The number of benzene rings is 1. The molecule has 0 aliphatic rings. The summed E-state index contributed by atoms with van der Waals surface area (Å²) in [6.45, 7) is 3.47. The van der Waals surface area contributed by atoms with E-state index in [2.05, 4.69) is 32.6 Å². The second kappa shape index (κ2) is 6.53. The summed E-state index contributed by atoms with van der Waals surface area (Å²) in [5.41, 5.74) is 1.85. The Morgan fingerprint density at radius 2 is 1.90 bits per heavy atom. The van der Waals surface area contributed by atoms with Gasteiger partial charge >= 0.3 is 5.97 Å². The standard InChI is InChI=1S/C14H13IN2O2S/c1-8-12(14(18)19)13(17-9(2)16-8)20-7-10-3-5-11(15)6-4-10/h3-6H,7H2,1-2H3,(H,18,19). The normalized spacial score (nSPS) is 10.6. The van der Waals surface area contributed by atoms with Crippen LogP contribution in [0.1, 0.15) is 27.4 Å². The number of hydrogen-bond acceptors (Lipinski definition) is 4. The molecule has 0 spiro atoms. The summed E-state index contributed by atoms with van der Waals surface area (Å²) in [4.78, 5) is 19.7. The van der Waals surface area contributed by atoms with Gasteiger partial charge in [-0.05, 0) is 54.1 Å². The average molecular weight is 400 g/mol. The Balaban J connectivity index is 2.24. The molecule has 0 radical (unpaired) electrons. The molecule has 2 rings (SSSR count). The molecule has 0 saturated heterocycles. The molecule has 0 atom stereocenters. The number of carboxylic acid groups (broad SMARTS) is 1. The largest absolute Gasteiger partial charge is 0.478 e. The number of carboxylic acids is 1. The van der Waals surface area contributed by atoms with Crippen LogP contribution in [0.15, 0.2) is 29.3 Å². The van der Waals surface area contributed by atoms with Gasteiger partial charge in [-0.25, -0.2) is 14.8 Å². The zero-order valence-corrected chi connectivity index (χ0v) is 14.0. The van der Waals surface area contributed by atoms with Crippen molar-refractivity contribution in [1.29, 1.82) is 0 Å². The van der Waals surface area contributed by atoms with Crippen LogP contribution in [0.5, 0.6) is 0 Å². The first kappa shape index (κ1) is 15.2. The Labute approximate surface area is 135 Å². The summed E-state index contributed by atoms with van der Waals surface area (Å²) >= 11 is 3.68. The molecule has 0 aliphatic carbocycles. The van der Waals surface area contributed by atoms with Crippen molar-refractivity contribution in [3.8, 4) is 0 Å². The molecule has 0 aliphatic heterocycles. The van der Waals surface area contributed by atoms with E-state index in [1.54, 1.807) is 13.8 Å². The summed E-state index contributed by atoms with van der Waals surface area (Å²) in [5, 5.41) is 9.81. The molecule has 0 unspecified atom stereocenters. The highest BCUT2D eigenvalue weighted by Gasteiger charge is 2.17. The van der Waals surface area contributed by atoms with Crippen LogP contribution in [0.3, 0.4) is 0 Å². The maximum absolute atomic E-state index is 11.3. The van der Waals surface area contributed by atoms with E-state index in [1.165, 1.54) is 15.3 Å². The molecule has 1 heterocycles. The van der Waals surface area contributed by atoms with Gasteiger partial charge in [-0.1, -0.05) is 12.1 Å². The number of aromatic carboxylic acids is 1. The van der Waals surface area contributed by atoms with Crippen LogP contribution in [0.25, 0.3) is 0 Å². The molecular formula is C14H13IN2O2S. The maximum Gasteiger partial charge on any atom is 0.340 e. The molecule has 104 valence electrons. The third-order valence-corrected chi connectivity index (χ3v) is 4.44. The van der Waals surface area contributed by atoms with Crippen molar-refractivity contribution >= 4 is 40.3 Å². The van der Waals surface area contributed by atoms with E-state index in [9.17, 15) is 9.90 Å². The van der Waals surface area contributed by atoms with E-state index in [0.717, 1.165) is 5.56 Å². The van der Waals surface area contributed by atoms with Gasteiger partial charge in [0.05, 0.1) is 5.69 Å². The van der Waals surface area contributed by atoms with Crippen molar-refractivity contribution in [3.63, 3.8) is 0 Å². The molecule has 1 aromatic heterocycles. The lowest BCUT2D eigenvalue weighted by molar-refractivity contribution is 0.0690. The van der Waals surface area contributed by atoms with Crippen molar-refractivity contribution in [2.24, 2.45) is 0 Å². The zero-order chi connectivity index (χ0) is 14.7. The van der Waals surface area contributed by atoms with Crippen molar-refractivity contribution < 1.29 is 9.90 Å². The third-order valence-electron chi connectivity index (χ3n) is 2.67. The van der Waals surface area contributed by atoms with Crippen molar-refractivity contribution in [2.75, 3.05) is 0 Å². The number of hydrogen-bond donors (Lipinski definition) is 1. The van der Waals surface area contributed by atoms with Gasteiger partial charge in [-0.3, -0.25) is 0 Å². The second-order valence-electron chi connectivity index (χ2n) is 4.26. The van der Waals surface area contributed by atoms with Crippen molar-refractivity contribution in [2.45, 2.75) is 24.6 Å². The minimum atomic E-state index is -0.979. The van der Waals surface area contributed by atoms with Crippen LogP contribution in [0.2, 0.25) is 0 Å². The molecule has 20 heavy (non-hydrogen) atoms. The van der Waals surface area contributed by atoms with Gasteiger partial charge in [0.1, 0.15) is 16.4 Å². The molecule has 1 N–H and O–H groups in total. The van der Waals surface area contributed by atoms with Crippen LogP contribution in [0.4, 0.5) is 0 Å². The summed E-state index contributed by atoms with van der Waals surface area (Å²) in [6.07, 6.45) is 0. The van der Waals surface area contributed by atoms with E-state index >= 15 is 0 Å². The van der Waals surface area contributed by atoms with E-state index < -0.39 is 5.97 Å². The van der Waals surface area contributed by atoms with Crippen LogP contribution in [0, 0.1) is 17.4 Å². The predicted octanol–water partition coefficient (Wildman–Crippen LogP) is 3.69. The Bertz CT molecular complexity index is 644. The molecule has 2 aromatic rings. The highest BCUT2D eigenvalue weighted by Crippen LogP contribution is 2.26. The Kier molecular flexibility index (Phi) is 4.98. The van der Waals surface area contributed by atoms with E-state index in [0.29, 0.717) is 22.3 Å². The molecule has 0 fully saturated rings. The van der Waals surface area contributed by atoms with Gasteiger partial charge in [0.15, 0.2) is 0 Å². The Hall–Kier alpha value is -1.15. The van der Waals surface area contributed by atoms with Gasteiger partial charge in [-0.2, -0.15) is 0 Å². The number of aryl methyl sites for hydroxylation is 2. The maximum atomic E-state index is 11.3. The van der Waals surface area contributed by atoms with Crippen LogP contribution < -0.4 is 0 Å². The second-order valence-corrected chi connectivity index (χ2v) is 6.47. The highest BCUT2D eigenvalue weighted by atomic mass is 127. The monoisotopic (exact) mass is 400 g/mol. The topological polar surface area (TPSA) is 63.1 Å². The average Bonchev–Trinajstić information content (AvgIpc) is 2.36. The number of nitrogens with zero attached hydrogens (tertiary/aromatic N) is 2. The number of rotatable bonds is 4. The fraction of sp³-hybridized carbons (Fsp3) is 0.214. The van der Waals surface area contributed by atoms with Gasteiger partial charge < -0.3 is 5.11 Å². The SMILES string of the molecule is Cc1nc(C)c(C(=O)O)c(SCc2ccc(I)cc2)n1. The number of thioether (sulfide) groups is 1. The first-order valence-electron chi connectivity index (χ1n) is 5.93. The molecule has 0 amide bonds. The van der Waals surface area contributed by atoms with Crippen molar-refractivity contribution in [3.05, 3.63) is 50.5 Å². The van der Waals surface area contributed by atoms with Crippen LogP contribution in [-0.2, 0) is 5.75 Å². The number of carbonyl (C=O) groups is 1. The van der Waals surface area contributed by atoms with E-state index in [-0.39, 0.29) is 5.56 Å². The lowest BCUT2D eigenvalue weighted by Crippen LogP contribution is -2.08. The number of halogens is 1. The van der Waals surface area contributed by atoms with Gasteiger partial charge in [-0.15, -0.1) is 11.8 Å². The number of aromatic nitrogens is 2. The van der Waals surface area contributed by atoms with E-state index in [1.807, 2.05) is 24.3 Å². The van der Waals surface area contributed by atoms with E-state index in [4.69, 9.17) is 0 Å². The molecule has 0 saturated carbocycles. The minimum absolute atomic E-state index is 0.200. The van der Waals surface area contributed by atoms with Gasteiger partial charge in [0.2, 0.25) is 0 Å². The summed E-state index contributed by atoms with van der Waals surface area (Å²) < 4.78 is 1.18. The molecule has 4 nitrogen and oxygen atoms in total. The van der Waals surface area contributed by atoms with Crippen molar-refractivity contribution in [1.82, 2.24) is 9.97 Å². The third kappa shape index (κ3) is 3.69. The zero-order valence-electron chi connectivity index (χ0n) is 11.1. The van der Waals surface area contributed by atoms with Gasteiger partial charge in [0.25, 0.3) is 0 Å². The Morgan fingerprint density at radius 3 is 2.50 bits per heavy atom. The summed E-state index contributed by atoms with van der Waals surface area (Å²) in [7, 11) is 0. The molecule has 1 aromatic carbocycles. The highest BCUT2D eigenvalue weighted by molar-refractivity contribution is 14.1. The predicted molar refractivity (Wildman–Crippen MR) is 87.2 cm³/mol. The lowest BCUT2D eigenvalue weighted by atomic mass is 10.2. The minimum Gasteiger partial charge on any atom is -0.478 e. The fourth-order valence-electron chi connectivity index (χ4n) is 1.76. The Morgan fingerprint density at radius 1 is 1.25 bits per heavy atom. The summed E-state index contributed by atoms with van der Waals surface area (Å²) in [5.74, 6) is 0.304. The smallest absolute Gasteiger partial charge is 0.340 e. The van der Waals surface area contributed by atoms with Gasteiger partial charge in [0, 0.05) is 9.32 Å². The molecular weight excluding hydrogens is 387 g/mol.